The molecule has 2 aromatic rings. The van der Waals surface area contributed by atoms with Crippen LogP contribution in [0.3, 0.4) is 0 Å². The number of ether oxygens (including phenoxy) is 1. The van der Waals surface area contributed by atoms with Crippen LogP contribution in [0.5, 0.6) is 0 Å². The van der Waals surface area contributed by atoms with Crippen LogP contribution in [0.25, 0.3) is 10.9 Å². The summed E-state index contributed by atoms with van der Waals surface area (Å²) in [5.41, 5.74) is 9.00. The predicted molar refractivity (Wildman–Crippen MR) is 90.5 cm³/mol. The normalized spacial score (nSPS) is 21.0. The topological polar surface area (TPSA) is 91.6 Å². The van der Waals surface area contributed by atoms with Gasteiger partial charge in [-0.3, -0.25) is 4.79 Å². The first-order chi connectivity index (χ1) is 11.6. The highest BCUT2D eigenvalue weighted by Crippen LogP contribution is 2.43. The summed E-state index contributed by atoms with van der Waals surface area (Å²) in [7, 11) is 0. The summed E-state index contributed by atoms with van der Waals surface area (Å²) in [6.45, 7) is 1.59. The summed E-state index contributed by atoms with van der Waals surface area (Å²) >= 11 is 0. The Labute approximate surface area is 140 Å². The lowest BCUT2D eigenvalue weighted by Crippen LogP contribution is -2.53. The monoisotopic (exact) mass is 329 g/mol. The van der Waals surface area contributed by atoms with E-state index in [4.69, 9.17) is 15.6 Å². The summed E-state index contributed by atoms with van der Waals surface area (Å²) < 4.78 is 6.23. The largest absolute Gasteiger partial charge is 0.394 e. The van der Waals surface area contributed by atoms with Crippen LogP contribution in [0.15, 0.2) is 24.3 Å². The summed E-state index contributed by atoms with van der Waals surface area (Å²) in [6, 6.07) is 7.53. The smallest absolute Gasteiger partial charge is 0.241 e. The van der Waals surface area contributed by atoms with Crippen LogP contribution < -0.4 is 5.73 Å². The summed E-state index contributed by atoms with van der Waals surface area (Å²) in [6.07, 6.45) is 2.41. The van der Waals surface area contributed by atoms with Crippen LogP contribution in [0.4, 0.5) is 0 Å². The maximum absolute atomic E-state index is 12.2. The summed E-state index contributed by atoms with van der Waals surface area (Å²) in [5, 5.41) is 10.4. The first-order valence-corrected chi connectivity index (χ1v) is 8.54. The van der Waals surface area contributed by atoms with Crippen LogP contribution in [-0.2, 0) is 21.6 Å². The number of aromatic amines is 1. The third-order valence-electron chi connectivity index (χ3n) is 5.40. The Morgan fingerprint density at radius 2 is 2.12 bits per heavy atom. The molecule has 128 valence electrons. The van der Waals surface area contributed by atoms with E-state index in [9.17, 15) is 4.79 Å². The highest BCUT2D eigenvalue weighted by molar-refractivity contribution is 5.85. The Bertz CT molecular complexity index is 762. The molecule has 1 saturated heterocycles. The molecule has 1 amide bonds. The molecule has 4 N–H and O–H groups in total. The van der Waals surface area contributed by atoms with Gasteiger partial charge >= 0.3 is 0 Å². The van der Waals surface area contributed by atoms with Gasteiger partial charge in [0.25, 0.3) is 0 Å². The number of piperidine rings is 1. The number of aromatic nitrogens is 1. The zero-order valence-electron chi connectivity index (χ0n) is 13.6. The molecule has 0 aliphatic carbocycles. The van der Waals surface area contributed by atoms with Crippen molar-refractivity contribution in [3.8, 4) is 0 Å². The second-order valence-corrected chi connectivity index (χ2v) is 6.73. The minimum atomic E-state index is -0.824. The molecule has 1 spiro atoms. The molecule has 1 atom stereocenters. The van der Waals surface area contributed by atoms with Gasteiger partial charge in [-0.25, -0.2) is 0 Å². The Morgan fingerprint density at radius 3 is 2.88 bits per heavy atom. The lowest BCUT2D eigenvalue weighted by molar-refractivity contribution is -0.143. The average molecular weight is 329 g/mol. The van der Waals surface area contributed by atoms with Gasteiger partial charge in [0.05, 0.1) is 18.9 Å². The number of nitrogens with two attached hydrogens (primary N) is 1. The Kier molecular flexibility index (Phi) is 3.83. The minimum Gasteiger partial charge on any atom is -0.394 e. The number of amides is 1. The number of carbonyl (C=O) groups is 1. The zero-order valence-corrected chi connectivity index (χ0v) is 13.6. The number of likely N-dealkylation sites (tertiary alicyclic amines) is 1. The van der Waals surface area contributed by atoms with Crippen LogP contribution in [0.2, 0.25) is 0 Å². The Hall–Kier alpha value is -1.89. The van der Waals surface area contributed by atoms with Crippen molar-refractivity contribution in [2.24, 2.45) is 5.73 Å². The van der Waals surface area contributed by atoms with Gasteiger partial charge in [-0.2, -0.15) is 0 Å². The van der Waals surface area contributed by atoms with Crippen molar-refractivity contribution < 1.29 is 14.6 Å². The number of para-hydroxylation sites is 1. The molecule has 4 rings (SSSR count). The van der Waals surface area contributed by atoms with E-state index in [1.807, 2.05) is 6.07 Å². The van der Waals surface area contributed by atoms with Crippen LogP contribution in [0, 0.1) is 0 Å². The van der Waals surface area contributed by atoms with Crippen molar-refractivity contribution in [2.45, 2.75) is 30.9 Å². The van der Waals surface area contributed by atoms with Crippen LogP contribution in [-0.4, -0.2) is 53.2 Å². The van der Waals surface area contributed by atoms with E-state index in [2.05, 4.69) is 23.2 Å². The number of aliphatic hydroxyl groups is 1. The summed E-state index contributed by atoms with van der Waals surface area (Å²) in [4.78, 5) is 17.5. The van der Waals surface area contributed by atoms with Gasteiger partial charge in [-0.15, -0.1) is 0 Å². The molecule has 0 bridgehead atoms. The van der Waals surface area contributed by atoms with E-state index in [0.717, 1.165) is 24.8 Å². The van der Waals surface area contributed by atoms with Gasteiger partial charge in [0, 0.05) is 24.0 Å². The van der Waals surface area contributed by atoms with Gasteiger partial charge in [0.15, 0.2) is 0 Å². The maximum atomic E-state index is 12.2. The molecule has 2 aliphatic heterocycles. The van der Waals surface area contributed by atoms with Gasteiger partial charge in [-0.1, -0.05) is 18.2 Å². The van der Waals surface area contributed by atoms with E-state index >= 15 is 0 Å². The molecule has 0 saturated carbocycles. The van der Waals surface area contributed by atoms with E-state index in [-0.39, 0.29) is 18.1 Å². The van der Waals surface area contributed by atoms with Gasteiger partial charge in [0.2, 0.25) is 5.91 Å². The van der Waals surface area contributed by atoms with E-state index in [1.165, 1.54) is 16.6 Å². The number of H-pyrrole nitrogens is 1. The van der Waals surface area contributed by atoms with Crippen LogP contribution in [0.1, 0.15) is 24.1 Å². The van der Waals surface area contributed by atoms with Crippen molar-refractivity contribution in [3.63, 3.8) is 0 Å². The van der Waals surface area contributed by atoms with Crippen molar-refractivity contribution in [3.05, 3.63) is 35.5 Å². The molecule has 6 heteroatoms. The number of benzene rings is 1. The third kappa shape index (κ3) is 2.33. The van der Waals surface area contributed by atoms with E-state index < -0.39 is 6.04 Å². The molecule has 3 heterocycles. The molecule has 0 unspecified atom stereocenters. The predicted octanol–water partition coefficient (Wildman–Crippen LogP) is 0.878. The van der Waals surface area contributed by atoms with Gasteiger partial charge in [0.1, 0.15) is 11.6 Å². The zero-order chi connectivity index (χ0) is 16.7. The van der Waals surface area contributed by atoms with Crippen molar-refractivity contribution in [2.75, 3.05) is 26.3 Å². The number of carbonyl (C=O) groups excluding carboxylic acids is 1. The van der Waals surface area contributed by atoms with Gasteiger partial charge < -0.3 is 25.5 Å². The highest BCUT2D eigenvalue weighted by Gasteiger charge is 2.43. The first kappa shape index (κ1) is 15.6. The molecule has 1 fully saturated rings. The number of fused-ring (bicyclic) bond motifs is 4. The average Bonchev–Trinajstić information content (AvgIpc) is 3.02. The standard InChI is InChI=1S/C18H23N3O3/c19-14(11-22)17(23)21-8-6-18(7-9-21)16-13(5-10-24-18)12-3-1-2-4-15(12)20-16/h1-4,14,20,22H,5-11,19H2/t14-/m0/s1. The molecule has 24 heavy (non-hydrogen) atoms. The number of nitrogens with zero attached hydrogens (tertiary/aromatic N) is 1. The molecule has 0 radical (unpaired) electrons. The Morgan fingerprint density at radius 1 is 1.38 bits per heavy atom. The Balaban J connectivity index is 1.62. The first-order valence-electron chi connectivity index (χ1n) is 8.54. The third-order valence-corrected chi connectivity index (χ3v) is 5.40. The molecule has 1 aromatic carbocycles. The van der Waals surface area contributed by atoms with Gasteiger partial charge in [-0.05, 0) is 30.9 Å². The highest BCUT2D eigenvalue weighted by atomic mass is 16.5. The fourth-order valence-electron chi connectivity index (χ4n) is 4.06. The fraction of sp³-hybridized carbons (Fsp3) is 0.500. The lowest BCUT2D eigenvalue weighted by Gasteiger charge is -2.44. The second-order valence-electron chi connectivity index (χ2n) is 6.73. The molecule has 6 nitrogen and oxygen atoms in total. The number of aliphatic hydroxyl groups excluding tert-OH is 1. The second kappa shape index (κ2) is 5.88. The number of rotatable bonds is 2. The van der Waals surface area contributed by atoms with Crippen molar-refractivity contribution >= 4 is 16.8 Å². The number of hydrogen-bond acceptors (Lipinski definition) is 4. The fourth-order valence-corrected chi connectivity index (χ4v) is 4.06. The van der Waals surface area contributed by atoms with E-state index in [1.54, 1.807) is 4.90 Å². The van der Waals surface area contributed by atoms with Crippen molar-refractivity contribution in [1.82, 2.24) is 9.88 Å². The maximum Gasteiger partial charge on any atom is 0.241 e. The van der Waals surface area contributed by atoms with E-state index in [0.29, 0.717) is 19.7 Å². The lowest BCUT2D eigenvalue weighted by atomic mass is 9.83. The molecular weight excluding hydrogens is 306 g/mol. The van der Waals surface area contributed by atoms with Crippen LogP contribution >= 0.6 is 0 Å². The number of hydrogen-bond donors (Lipinski definition) is 3. The number of nitrogens with one attached hydrogen (secondary N) is 1. The quantitative estimate of drug-likeness (QED) is 0.763. The molecule has 1 aromatic heterocycles. The molecule has 2 aliphatic rings. The molecular formula is C18H23N3O3. The van der Waals surface area contributed by atoms with Crippen molar-refractivity contribution in [1.29, 1.82) is 0 Å². The summed E-state index contributed by atoms with van der Waals surface area (Å²) in [5.74, 6) is -0.181. The SMILES string of the molecule is N[C@@H](CO)C(=O)N1CCC2(CC1)OCCc1c2[nH]c2ccccc12. The minimum absolute atomic E-state index is 0.181.